The number of nitrogens with one attached hydrogen (secondary N) is 1. The molecular weight excluding hydrogens is 286 g/mol. The van der Waals surface area contributed by atoms with Gasteiger partial charge in [0.05, 0.1) is 5.69 Å². The highest BCUT2D eigenvalue weighted by Crippen LogP contribution is 2.31. The summed E-state index contributed by atoms with van der Waals surface area (Å²) in [7, 11) is -0.365. The normalized spacial score (nSPS) is 18.1. The minimum atomic E-state index is -3.45. The van der Waals surface area contributed by atoms with Crippen LogP contribution in [0.4, 0.5) is 5.69 Å². The van der Waals surface area contributed by atoms with Crippen molar-refractivity contribution in [2.75, 3.05) is 26.0 Å². The highest BCUT2D eigenvalue weighted by molar-refractivity contribution is 7.89. The highest BCUT2D eigenvalue weighted by atomic mass is 32.2. The topological polar surface area (TPSA) is 75.4 Å². The Balaban J connectivity index is 2.27. The smallest absolute Gasteiger partial charge is 0.244 e. The van der Waals surface area contributed by atoms with E-state index in [1.165, 1.54) is 17.1 Å². The summed E-state index contributed by atoms with van der Waals surface area (Å²) in [5, 5.41) is 3.37. The molecule has 1 aromatic rings. The third-order valence-electron chi connectivity index (χ3n) is 4.21. The molecular formula is C15H25N3O2S. The van der Waals surface area contributed by atoms with Crippen LogP contribution in [-0.4, -0.2) is 39.4 Å². The molecule has 0 aliphatic heterocycles. The Hall–Kier alpha value is -1.11. The van der Waals surface area contributed by atoms with Gasteiger partial charge in [0, 0.05) is 26.7 Å². The first kappa shape index (κ1) is 16.3. The van der Waals surface area contributed by atoms with Crippen molar-refractivity contribution in [1.29, 1.82) is 0 Å². The third-order valence-corrected chi connectivity index (χ3v) is 6.08. The molecule has 0 aromatic heterocycles. The Morgan fingerprint density at radius 1 is 1.29 bits per heavy atom. The Morgan fingerprint density at radius 3 is 2.48 bits per heavy atom. The summed E-state index contributed by atoms with van der Waals surface area (Å²) in [6.07, 6.45) is 4.80. The predicted molar refractivity (Wildman–Crippen MR) is 85.7 cm³/mol. The molecule has 2 rings (SSSR count). The van der Waals surface area contributed by atoms with Crippen LogP contribution in [0.3, 0.4) is 0 Å². The summed E-state index contributed by atoms with van der Waals surface area (Å²) in [5.74, 6) is 0.533. The van der Waals surface area contributed by atoms with Crippen LogP contribution in [0.1, 0.15) is 25.7 Å². The summed E-state index contributed by atoms with van der Waals surface area (Å²) in [6, 6.07) is 7.17. The lowest BCUT2D eigenvalue weighted by Crippen LogP contribution is -2.36. The first-order valence-corrected chi connectivity index (χ1v) is 8.89. The van der Waals surface area contributed by atoms with Crippen LogP contribution in [0.15, 0.2) is 29.2 Å². The lowest BCUT2D eigenvalue weighted by molar-refractivity contribution is 0.461. The second-order valence-corrected chi connectivity index (χ2v) is 7.93. The fraction of sp³-hybridized carbons (Fsp3) is 0.600. The van der Waals surface area contributed by atoms with Crippen LogP contribution in [0, 0.1) is 5.92 Å². The molecule has 118 valence electrons. The SMILES string of the molecule is CN(C)S(=O)(=O)c1ccccc1NC(CN)C1CCCC1. The van der Waals surface area contributed by atoms with E-state index in [4.69, 9.17) is 5.73 Å². The molecule has 0 bridgehead atoms. The fourth-order valence-corrected chi connectivity index (χ4v) is 3.99. The van der Waals surface area contributed by atoms with Gasteiger partial charge in [-0.1, -0.05) is 25.0 Å². The molecule has 21 heavy (non-hydrogen) atoms. The van der Waals surface area contributed by atoms with Gasteiger partial charge in [0.1, 0.15) is 4.90 Å². The maximum absolute atomic E-state index is 12.4. The van der Waals surface area contributed by atoms with E-state index in [1.54, 1.807) is 26.2 Å². The van der Waals surface area contributed by atoms with E-state index in [2.05, 4.69) is 5.32 Å². The van der Waals surface area contributed by atoms with Crippen molar-refractivity contribution in [3.8, 4) is 0 Å². The number of hydrogen-bond donors (Lipinski definition) is 2. The van der Waals surface area contributed by atoms with Crippen LogP contribution in [0.2, 0.25) is 0 Å². The molecule has 3 N–H and O–H groups in total. The van der Waals surface area contributed by atoms with E-state index < -0.39 is 10.0 Å². The minimum Gasteiger partial charge on any atom is -0.380 e. The van der Waals surface area contributed by atoms with Crippen molar-refractivity contribution in [1.82, 2.24) is 4.31 Å². The molecule has 1 aromatic carbocycles. The Labute approximate surface area is 127 Å². The zero-order valence-corrected chi connectivity index (χ0v) is 13.6. The standard InChI is InChI=1S/C15H25N3O2S/c1-18(2)21(19,20)15-10-6-5-9-13(15)17-14(11-16)12-7-3-4-8-12/h5-6,9-10,12,14,17H,3-4,7-8,11,16H2,1-2H3. The van der Waals surface area contributed by atoms with Crippen molar-refractivity contribution in [2.45, 2.75) is 36.6 Å². The lowest BCUT2D eigenvalue weighted by atomic mass is 9.98. The first-order chi connectivity index (χ1) is 9.96. The molecule has 1 aliphatic carbocycles. The summed E-state index contributed by atoms with van der Waals surface area (Å²) >= 11 is 0. The molecule has 5 nitrogen and oxygen atoms in total. The van der Waals surface area contributed by atoms with E-state index in [1.807, 2.05) is 12.1 Å². The molecule has 0 heterocycles. The van der Waals surface area contributed by atoms with Gasteiger partial charge in [-0.2, -0.15) is 0 Å². The highest BCUT2D eigenvalue weighted by Gasteiger charge is 2.26. The summed E-state index contributed by atoms with van der Waals surface area (Å²) in [6.45, 7) is 0.515. The van der Waals surface area contributed by atoms with E-state index >= 15 is 0 Å². The molecule has 0 radical (unpaired) electrons. The number of para-hydroxylation sites is 1. The lowest BCUT2D eigenvalue weighted by Gasteiger charge is -2.26. The van der Waals surface area contributed by atoms with Gasteiger partial charge in [-0.25, -0.2) is 12.7 Å². The van der Waals surface area contributed by atoms with Crippen molar-refractivity contribution in [2.24, 2.45) is 11.7 Å². The number of sulfonamides is 1. The average Bonchev–Trinajstić information content (AvgIpc) is 2.99. The first-order valence-electron chi connectivity index (χ1n) is 7.45. The monoisotopic (exact) mass is 311 g/mol. The largest absolute Gasteiger partial charge is 0.380 e. The van der Waals surface area contributed by atoms with E-state index in [9.17, 15) is 8.42 Å². The fourth-order valence-electron chi connectivity index (χ4n) is 2.94. The third kappa shape index (κ3) is 3.56. The Bertz CT molecular complexity index is 566. The molecule has 0 amide bonds. The molecule has 6 heteroatoms. The summed E-state index contributed by atoms with van der Waals surface area (Å²) < 4.78 is 26.0. The Kier molecular flexibility index (Phi) is 5.24. The average molecular weight is 311 g/mol. The van der Waals surface area contributed by atoms with Gasteiger partial charge in [0.25, 0.3) is 0 Å². The van der Waals surface area contributed by atoms with E-state index in [0.29, 0.717) is 23.0 Å². The van der Waals surface area contributed by atoms with Crippen LogP contribution in [0.25, 0.3) is 0 Å². The number of anilines is 1. The molecule has 1 atom stereocenters. The van der Waals surface area contributed by atoms with Gasteiger partial charge in [0.2, 0.25) is 10.0 Å². The molecule has 1 saturated carbocycles. The van der Waals surface area contributed by atoms with Gasteiger partial charge in [-0.3, -0.25) is 0 Å². The number of benzene rings is 1. The van der Waals surface area contributed by atoms with Crippen molar-refractivity contribution in [3.63, 3.8) is 0 Å². The van der Waals surface area contributed by atoms with Gasteiger partial charge in [-0.15, -0.1) is 0 Å². The quantitative estimate of drug-likeness (QED) is 0.841. The minimum absolute atomic E-state index is 0.131. The zero-order valence-electron chi connectivity index (χ0n) is 12.7. The number of nitrogens with two attached hydrogens (primary N) is 1. The van der Waals surface area contributed by atoms with Gasteiger partial charge in [0.15, 0.2) is 0 Å². The Morgan fingerprint density at radius 2 is 1.90 bits per heavy atom. The van der Waals surface area contributed by atoms with Crippen molar-refractivity contribution in [3.05, 3.63) is 24.3 Å². The maximum Gasteiger partial charge on any atom is 0.244 e. The van der Waals surface area contributed by atoms with Crippen LogP contribution >= 0.6 is 0 Å². The van der Waals surface area contributed by atoms with Crippen LogP contribution in [0.5, 0.6) is 0 Å². The second-order valence-electron chi connectivity index (χ2n) is 5.81. The number of nitrogens with zero attached hydrogens (tertiary/aromatic N) is 1. The zero-order chi connectivity index (χ0) is 15.5. The van der Waals surface area contributed by atoms with Crippen molar-refractivity contribution >= 4 is 15.7 Å². The van der Waals surface area contributed by atoms with Crippen molar-refractivity contribution < 1.29 is 8.42 Å². The van der Waals surface area contributed by atoms with Gasteiger partial charge >= 0.3 is 0 Å². The van der Waals surface area contributed by atoms with Gasteiger partial charge < -0.3 is 11.1 Å². The van der Waals surface area contributed by atoms with Crippen LogP contribution in [-0.2, 0) is 10.0 Å². The van der Waals surface area contributed by atoms with E-state index in [-0.39, 0.29) is 6.04 Å². The molecule has 0 saturated heterocycles. The number of hydrogen-bond acceptors (Lipinski definition) is 4. The summed E-state index contributed by atoms with van der Waals surface area (Å²) in [5.41, 5.74) is 6.54. The molecule has 1 fully saturated rings. The molecule has 1 unspecified atom stereocenters. The number of rotatable bonds is 6. The van der Waals surface area contributed by atoms with Gasteiger partial charge in [-0.05, 0) is 30.9 Å². The molecule has 1 aliphatic rings. The molecule has 0 spiro atoms. The predicted octanol–water partition coefficient (Wildman–Crippen LogP) is 1.87. The van der Waals surface area contributed by atoms with Crippen LogP contribution < -0.4 is 11.1 Å². The summed E-state index contributed by atoms with van der Waals surface area (Å²) in [4.78, 5) is 0.312. The maximum atomic E-state index is 12.4. The van der Waals surface area contributed by atoms with E-state index in [0.717, 1.165) is 12.8 Å². The second kappa shape index (κ2) is 6.77.